The van der Waals surface area contributed by atoms with E-state index in [0.29, 0.717) is 18.2 Å². The molecule has 0 aliphatic carbocycles. The maximum absolute atomic E-state index is 11.3. The van der Waals surface area contributed by atoms with Crippen molar-refractivity contribution < 1.29 is 23.8 Å². The quantitative estimate of drug-likeness (QED) is 0.292. The van der Waals surface area contributed by atoms with E-state index in [0.717, 1.165) is 40.0 Å². The molecule has 7 nitrogen and oxygen atoms in total. The van der Waals surface area contributed by atoms with Gasteiger partial charge in [-0.1, -0.05) is 37.3 Å². The number of oxazole rings is 1. The Hall–Kier alpha value is -3.84. The third-order valence-electron chi connectivity index (χ3n) is 5.96. The molecule has 1 unspecified atom stereocenters. The number of para-hydroxylation sites is 2. The topological polar surface area (TPSA) is 93.8 Å². The standard InChI is InChI=1S/C28H30N2O5/c1-5-23(18-10-13-20(14-11-18)35-28(2,3)27(31)32)29-17-19-12-15-21(33-4)16-22(19)26-30-24-8-6-7-9-25(24)34-26/h6-16,23,29H,5,17H2,1-4H3,(H,31,32). The van der Waals surface area contributed by atoms with Crippen molar-refractivity contribution in [3.05, 3.63) is 77.9 Å². The van der Waals surface area contributed by atoms with Crippen LogP contribution < -0.4 is 14.8 Å². The average Bonchev–Trinajstić information content (AvgIpc) is 3.29. The molecular formula is C28H30N2O5. The van der Waals surface area contributed by atoms with Gasteiger partial charge in [-0.25, -0.2) is 9.78 Å². The number of methoxy groups -OCH3 is 1. The van der Waals surface area contributed by atoms with E-state index < -0.39 is 11.6 Å². The van der Waals surface area contributed by atoms with Gasteiger partial charge in [-0.05, 0) is 67.8 Å². The second kappa shape index (κ2) is 10.2. The number of ether oxygens (including phenoxy) is 2. The summed E-state index contributed by atoms with van der Waals surface area (Å²) in [7, 11) is 1.64. The first-order valence-corrected chi connectivity index (χ1v) is 11.6. The lowest BCUT2D eigenvalue weighted by Crippen LogP contribution is -2.37. The Kier molecular flexibility index (Phi) is 7.07. The van der Waals surface area contributed by atoms with Crippen LogP contribution in [0, 0.1) is 0 Å². The SMILES string of the molecule is CCC(NCc1ccc(OC)cc1-c1nc2ccccc2o1)c1ccc(OC(C)(C)C(=O)O)cc1. The molecule has 1 atom stereocenters. The molecule has 0 saturated carbocycles. The van der Waals surface area contributed by atoms with Gasteiger partial charge < -0.3 is 24.3 Å². The smallest absolute Gasteiger partial charge is 0.347 e. The van der Waals surface area contributed by atoms with Gasteiger partial charge in [-0.2, -0.15) is 0 Å². The van der Waals surface area contributed by atoms with Gasteiger partial charge >= 0.3 is 5.97 Å². The van der Waals surface area contributed by atoms with Gasteiger partial charge in [-0.15, -0.1) is 0 Å². The predicted octanol–water partition coefficient (Wildman–Crippen LogP) is 5.99. The van der Waals surface area contributed by atoms with E-state index in [-0.39, 0.29) is 6.04 Å². The highest BCUT2D eigenvalue weighted by atomic mass is 16.5. The summed E-state index contributed by atoms with van der Waals surface area (Å²) >= 11 is 0. The molecule has 0 radical (unpaired) electrons. The highest BCUT2D eigenvalue weighted by molar-refractivity contribution is 5.77. The van der Waals surface area contributed by atoms with Crippen molar-refractivity contribution in [1.82, 2.24) is 10.3 Å². The highest BCUT2D eigenvalue weighted by Crippen LogP contribution is 2.31. The van der Waals surface area contributed by atoms with E-state index in [2.05, 4.69) is 17.2 Å². The lowest BCUT2D eigenvalue weighted by Gasteiger charge is -2.23. The van der Waals surface area contributed by atoms with Crippen molar-refractivity contribution in [2.45, 2.75) is 45.4 Å². The number of carboxylic acids is 1. The van der Waals surface area contributed by atoms with Crippen LogP contribution in [0.3, 0.4) is 0 Å². The highest BCUT2D eigenvalue weighted by Gasteiger charge is 2.29. The van der Waals surface area contributed by atoms with Crippen LogP contribution in [0.5, 0.6) is 11.5 Å². The normalized spacial score (nSPS) is 12.5. The fourth-order valence-electron chi connectivity index (χ4n) is 3.86. The zero-order valence-electron chi connectivity index (χ0n) is 20.4. The summed E-state index contributed by atoms with van der Waals surface area (Å²) in [6, 6.07) is 21.2. The number of aliphatic carboxylic acids is 1. The molecule has 35 heavy (non-hydrogen) atoms. The van der Waals surface area contributed by atoms with Gasteiger partial charge in [0.1, 0.15) is 17.0 Å². The molecule has 182 valence electrons. The number of hydrogen-bond donors (Lipinski definition) is 2. The minimum atomic E-state index is -1.29. The fourth-order valence-corrected chi connectivity index (χ4v) is 3.86. The Balaban J connectivity index is 1.53. The molecular weight excluding hydrogens is 444 g/mol. The second-order valence-corrected chi connectivity index (χ2v) is 8.84. The number of hydrogen-bond acceptors (Lipinski definition) is 6. The van der Waals surface area contributed by atoms with Crippen LogP contribution in [0.2, 0.25) is 0 Å². The van der Waals surface area contributed by atoms with Crippen molar-refractivity contribution in [1.29, 1.82) is 0 Å². The Bertz CT molecular complexity index is 1280. The van der Waals surface area contributed by atoms with Gasteiger partial charge in [0.25, 0.3) is 0 Å². The summed E-state index contributed by atoms with van der Waals surface area (Å²) < 4.78 is 17.1. The molecule has 0 aliphatic heterocycles. The molecule has 0 saturated heterocycles. The number of nitrogens with one attached hydrogen (secondary N) is 1. The minimum Gasteiger partial charge on any atom is -0.497 e. The van der Waals surface area contributed by atoms with Crippen molar-refractivity contribution in [2.24, 2.45) is 0 Å². The van der Waals surface area contributed by atoms with E-state index in [1.54, 1.807) is 7.11 Å². The molecule has 0 fully saturated rings. The van der Waals surface area contributed by atoms with Crippen molar-refractivity contribution in [3.63, 3.8) is 0 Å². The lowest BCUT2D eigenvalue weighted by atomic mass is 10.0. The average molecular weight is 475 g/mol. The van der Waals surface area contributed by atoms with Gasteiger partial charge in [0.2, 0.25) is 5.89 Å². The molecule has 0 spiro atoms. The largest absolute Gasteiger partial charge is 0.497 e. The van der Waals surface area contributed by atoms with Gasteiger partial charge in [0.15, 0.2) is 11.2 Å². The number of carbonyl (C=O) groups is 1. The molecule has 1 aromatic heterocycles. The van der Waals surface area contributed by atoms with Crippen LogP contribution in [-0.2, 0) is 11.3 Å². The van der Waals surface area contributed by atoms with Crippen LogP contribution in [0.1, 0.15) is 44.4 Å². The van der Waals surface area contributed by atoms with Gasteiger partial charge in [-0.3, -0.25) is 0 Å². The summed E-state index contributed by atoms with van der Waals surface area (Å²) in [5, 5.41) is 12.9. The summed E-state index contributed by atoms with van der Waals surface area (Å²) in [6.45, 7) is 5.78. The van der Waals surface area contributed by atoms with E-state index in [1.165, 1.54) is 13.8 Å². The molecule has 0 amide bonds. The Morgan fingerprint density at radius 2 is 1.80 bits per heavy atom. The van der Waals surface area contributed by atoms with Gasteiger partial charge in [0.05, 0.1) is 7.11 Å². The first-order chi connectivity index (χ1) is 16.8. The number of carboxylic acid groups (broad SMARTS) is 1. The maximum Gasteiger partial charge on any atom is 0.347 e. The van der Waals surface area contributed by atoms with Gasteiger partial charge in [0, 0.05) is 18.2 Å². The number of fused-ring (bicyclic) bond motifs is 1. The predicted molar refractivity (Wildman–Crippen MR) is 135 cm³/mol. The summed E-state index contributed by atoms with van der Waals surface area (Å²) in [5.41, 5.74) is 3.26. The van der Waals surface area contributed by atoms with Crippen LogP contribution >= 0.6 is 0 Å². The van der Waals surface area contributed by atoms with Crippen LogP contribution in [0.25, 0.3) is 22.6 Å². The van der Waals surface area contributed by atoms with Crippen molar-refractivity contribution >= 4 is 17.1 Å². The molecule has 3 aromatic carbocycles. The maximum atomic E-state index is 11.3. The first kappa shape index (κ1) is 24.3. The van der Waals surface area contributed by atoms with Crippen molar-refractivity contribution in [3.8, 4) is 23.0 Å². The van der Waals surface area contributed by atoms with Crippen LogP contribution in [0.15, 0.2) is 71.1 Å². The Morgan fingerprint density at radius 3 is 2.46 bits per heavy atom. The van der Waals surface area contributed by atoms with E-state index >= 15 is 0 Å². The third kappa shape index (κ3) is 5.46. The molecule has 7 heteroatoms. The summed E-state index contributed by atoms with van der Waals surface area (Å²) in [4.78, 5) is 16.0. The van der Waals surface area contributed by atoms with Crippen LogP contribution in [0.4, 0.5) is 0 Å². The minimum absolute atomic E-state index is 0.0927. The molecule has 2 N–H and O–H groups in total. The summed E-state index contributed by atoms with van der Waals surface area (Å²) in [6.07, 6.45) is 0.870. The Labute approximate surface area is 204 Å². The zero-order chi connectivity index (χ0) is 25.0. The number of aromatic nitrogens is 1. The Morgan fingerprint density at radius 1 is 1.09 bits per heavy atom. The second-order valence-electron chi connectivity index (χ2n) is 8.84. The molecule has 4 aromatic rings. The van der Waals surface area contributed by atoms with Crippen LogP contribution in [-0.4, -0.2) is 28.8 Å². The number of benzene rings is 3. The van der Waals surface area contributed by atoms with E-state index in [1.807, 2.05) is 66.7 Å². The molecule has 0 aliphatic rings. The first-order valence-electron chi connectivity index (χ1n) is 11.6. The molecule has 4 rings (SSSR count). The lowest BCUT2D eigenvalue weighted by molar-refractivity contribution is -0.152. The van der Waals surface area contributed by atoms with E-state index in [4.69, 9.17) is 13.9 Å². The molecule has 0 bridgehead atoms. The van der Waals surface area contributed by atoms with Crippen molar-refractivity contribution in [2.75, 3.05) is 7.11 Å². The zero-order valence-corrected chi connectivity index (χ0v) is 20.4. The number of rotatable bonds is 10. The number of nitrogens with zero attached hydrogens (tertiary/aromatic N) is 1. The monoisotopic (exact) mass is 474 g/mol. The fraction of sp³-hybridized carbons (Fsp3) is 0.286. The van der Waals surface area contributed by atoms with E-state index in [9.17, 15) is 9.90 Å². The summed E-state index contributed by atoms with van der Waals surface area (Å²) in [5.74, 6) is 0.795. The third-order valence-corrected chi connectivity index (χ3v) is 5.96. The molecule has 1 heterocycles.